The summed E-state index contributed by atoms with van der Waals surface area (Å²) in [6, 6.07) is 21.4. The Morgan fingerprint density at radius 1 is 0.903 bits per heavy atom. The first-order valence-electron chi connectivity index (χ1n) is 10.3. The molecule has 0 N–H and O–H groups in total. The summed E-state index contributed by atoms with van der Waals surface area (Å²) >= 11 is 1.70. The fraction of sp³-hybridized carbons (Fsp3) is 0.240. The van der Waals surface area contributed by atoms with E-state index in [9.17, 15) is 0 Å². The van der Waals surface area contributed by atoms with Crippen molar-refractivity contribution in [3.05, 3.63) is 95.6 Å². The topological polar surface area (TPSA) is 46.8 Å². The predicted molar refractivity (Wildman–Crippen MR) is 127 cm³/mol. The maximum Gasteiger partial charge on any atom is 0.191 e. The number of pyridine rings is 1. The minimum atomic E-state index is 0.744. The summed E-state index contributed by atoms with van der Waals surface area (Å²) in [5, 5.41) is 9.74. The highest BCUT2D eigenvalue weighted by Gasteiger charge is 2.12. The van der Waals surface area contributed by atoms with Crippen LogP contribution >= 0.6 is 11.8 Å². The molecule has 2 heterocycles. The number of benzene rings is 2. The quantitative estimate of drug-likeness (QED) is 0.364. The molecule has 158 valence electrons. The lowest BCUT2D eigenvalue weighted by Gasteiger charge is -2.17. The van der Waals surface area contributed by atoms with E-state index in [0.717, 1.165) is 29.8 Å². The van der Waals surface area contributed by atoms with Gasteiger partial charge in [0.2, 0.25) is 0 Å². The fourth-order valence-electron chi connectivity index (χ4n) is 3.58. The van der Waals surface area contributed by atoms with E-state index in [1.807, 2.05) is 31.6 Å². The number of rotatable bonds is 8. The Kier molecular flexibility index (Phi) is 6.79. The highest BCUT2D eigenvalue weighted by atomic mass is 32.2. The van der Waals surface area contributed by atoms with Crippen LogP contribution in [-0.4, -0.2) is 31.7 Å². The number of hydrogen-bond donors (Lipinski definition) is 0. The normalized spacial score (nSPS) is 11.2. The first kappa shape index (κ1) is 21.3. The molecule has 0 fully saturated rings. The molecule has 0 unspecified atom stereocenters. The van der Waals surface area contributed by atoms with Crippen molar-refractivity contribution in [1.82, 2.24) is 24.6 Å². The Labute approximate surface area is 188 Å². The summed E-state index contributed by atoms with van der Waals surface area (Å²) in [7, 11) is 4.16. The number of thioether (sulfide) groups is 1. The van der Waals surface area contributed by atoms with Gasteiger partial charge in [-0.1, -0.05) is 54.2 Å². The van der Waals surface area contributed by atoms with Crippen molar-refractivity contribution in [2.75, 3.05) is 7.05 Å². The van der Waals surface area contributed by atoms with Crippen molar-refractivity contribution < 1.29 is 0 Å². The van der Waals surface area contributed by atoms with E-state index in [0.29, 0.717) is 0 Å². The first-order chi connectivity index (χ1) is 15.1. The van der Waals surface area contributed by atoms with E-state index in [-0.39, 0.29) is 0 Å². The second-order valence-electron chi connectivity index (χ2n) is 7.79. The van der Waals surface area contributed by atoms with E-state index in [2.05, 4.69) is 87.2 Å². The number of nitrogens with zero attached hydrogens (tertiary/aromatic N) is 5. The monoisotopic (exact) mass is 429 g/mol. The van der Waals surface area contributed by atoms with E-state index < -0.39 is 0 Å². The lowest BCUT2D eigenvalue weighted by atomic mass is 9.99. The molecule has 0 aliphatic heterocycles. The van der Waals surface area contributed by atoms with Gasteiger partial charge in [-0.25, -0.2) is 0 Å². The molecule has 0 spiro atoms. The van der Waals surface area contributed by atoms with Crippen LogP contribution in [0.1, 0.15) is 22.5 Å². The molecule has 0 radical (unpaired) electrons. The summed E-state index contributed by atoms with van der Waals surface area (Å²) in [6.45, 7) is 3.76. The third kappa shape index (κ3) is 5.40. The second-order valence-corrected chi connectivity index (χ2v) is 8.73. The largest absolute Gasteiger partial charge is 0.308 e. The number of aryl methyl sites for hydroxylation is 1. The smallest absolute Gasteiger partial charge is 0.191 e. The van der Waals surface area contributed by atoms with Gasteiger partial charge in [-0.3, -0.25) is 9.88 Å². The Morgan fingerprint density at radius 2 is 1.71 bits per heavy atom. The molecule has 6 heteroatoms. The van der Waals surface area contributed by atoms with E-state index in [1.54, 1.807) is 11.8 Å². The SMILES string of the molecule is Cc1ccccc1-c1cccc(CN(C)Cc2nnc(SCc3ccncc3)n2C)c1. The molecule has 0 bridgehead atoms. The van der Waals surface area contributed by atoms with Gasteiger partial charge < -0.3 is 4.57 Å². The first-order valence-corrected chi connectivity index (χ1v) is 11.3. The van der Waals surface area contributed by atoms with Crippen LogP contribution in [0.4, 0.5) is 0 Å². The van der Waals surface area contributed by atoms with Gasteiger partial charge in [0.25, 0.3) is 0 Å². The van der Waals surface area contributed by atoms with Crippen LogP contribution in [0.3, 0.4) is 0 Å². The van der Waals surface area contributed by atoms with Crippen LogP contribution in [0.15, 0.2) is 78.2 Å². The van der Waals surface area contributed by atoms with Crippen LogP contribution < -0.4 is 0 Å². The Hall–Kier alpha value is -2.96. The van der Waals surface area contributed by atoms with Crippen LogP contribution in [0.5, 0.6) is 0 Å². The zero-order chi connectivity index (χ0) is 21.6. The minimum absolute atomic E-state index is 0.744. The van der Waals surface area contributed by atoms with Crippen molar-refractivity contribution in [1.29, 1.82) is 0 Å². The molecule has 4 aromatic rings. The molecule has 2 aromatic heterocycles. The van der Waals surface area contributed by atoms with Crippen molar-refractivity contribution in [3.63, 3.8) is 0 Å². The molecule has 0 aliphatic carbocycles. The van der Waals surface area contributed by atoms with E-state index in [4.69, 9.17) is 0 Å². The third-order valence-electron chi connectivity index (χ3n) is 5.29. The molecule has 0 saturated heterocycles. The van der Waals surface area contributed by atoms with Gasteiger partial charge in [0.15, 0.2) is 5.16 Å². The maximum atomic E-state index is 4.42. The highest BCUT2D eigenvalue weighted by molar-refractivity contribution is 7.98. The van der Waals surface area contributed by atoms with Crippen molar-refractivity contribution in [3.8, 4) is 11.1 Å². The van der Waals surface area contributed by atoms with Gasteiger partial charge in [-0.15, -0.1) is 10.2 Å². The summed E-state index contributed by atoms with van der Waals surface area (Å²) in [4.78, 5) is 6.34. The Bertz CT molecular complexity index is 1140. The second kappa shape index (κ2) is 9.90. The van der Waals surface area contributed by atoms with Crippen LogP contribution in [0.2, 0.25) is 0 Å². The van der Waals surface area contributed by atoms with Gasteiger partial charge >= 0.3 is 0 Å². The summed E-state index contributed by atoms with van der Waals surface area (Å²) in [6.07, 6.45) is 3.64. The summed E-state index contributed by atoms with van der Waals surface area (Å²) in [5.41, 5.74) is 6.37. The van der Waals surface area contributed by atoms with Crippen LogP contribution in [-0.2, 0) is 25.9 Å². The fourth-order valence-corrected chi connectivity index (χ4v) is 4.46. The lowest BCUT2D eigenvalue weighted by Crippen LogP contribution is -2.19. The minimum Gasteiger partial charge on any atom is -0.308 e. The van der Waals surface area contributed by atoms with Gasteiger partial charge in [0.05, 0.1) is 6.54 Å². The molecule has 0 atom stereocenters. The Balaban J connectivity index is 1.39. The molecule has 2 aromatic carbocycles. The van der Waals surface area contributed by atoms with Crippen molar-refractivity contribution >= 4 is 11.8 Å². The van der Waals surface area contributed by atoms with Crippen molar-refractivity contribution in [2.45, 2.75) is 30.9 Å². The zero-order valence-corrected chi connectivity index (χ0v) is 19.0. The van der Waals surface area contributed by atoms with Crippen LogP contribution in [0.25, 0.3) is 11.1 Å². The Morgan fingerprint density at radius 3 is 2.52 bits per heavy atom. The molecule has 5 nitrogen and oxygen atoms in total. The molecule has 0 amide bonds. The van der Waals surface area contributed by atoms with E-state index in [1.165, 1.54) is 27.8 Å². The van der Waals surface area contributed by atoms with Gasteiger partial charge in [0, 0.05) is 31.7 Å². The van der Waals surface area contributed by atoms with Crippen LogP contribution in [0, 0.1) is 6.92 Å². The summed E-state index contributed by atoms with van der Waals surface area (Å²) in [5.74, 6) is 1.82. The lowest BCUT2D eigenvalue weighted by molar-refractivity contribution is 0.306. The molecular weight excluding hydrogens is 402 g/mol. The van der Waals surface area contributed by atoms with Gasteiger partial charge in [-0.05, 0) is 60.0 Å². The average Bonchev–Trinajstić information content (AvgIpc) is 3.12. The average molecular weight is 430 g/mol. The zero-order valence-electron chi connectivity index (χ0n) is 18.2. The molecule has 31 heavy (non-hydrogen) atoms. The highest BCUT2D eigenvalue weighted by Crippen LogP contribution is 2.25. The summed E-state index contributed by atoms with van der Waals surface area (Å²) < 4.78 is 2.09. The number of aromatic nitrogens is 4. The molecule has 0 saturated carbocycles. The number of hydrogen-bond acceptors (Lipinski definition) is 5. The molecule has 4 rings (SSSR count). The van der Waals surface area contributed by atoms with E-state index >= 15 is 0 Å². The van der Waals surface area contributed by atoms with Gasteiger partial charge in [0.1, 0.15) is 5.82 Å². The van der Waals surface area contributed by atoms with Gasteiger partial charge in [-0.2, -0.15) is 0 Å². The third-order valence-corrected chi connectivity index (χ3v) is 6.38. The predicted octanol–water partition coefficient (Wildman–Crippen LogP) is 5.11. The molecule has 0 aliphatic rings. The van der Waals surface area contributed by atoms with Crippen molar-refractivity contribution in [2.24, 2.45) is 7.05 Å². The molecular formula is C25H27N5S. The standard InChI is InChI=1S/C25H27N5S/c1-19-7-4-5-10-23(19)22-9-6-8-21(15-22)16-29(2)17-24-27-28-25(30(24)3)31-18-20-11-13-26-14-12-20/h4-15H,16-18H2,1-3H3. The maximum absolute atomic E-state index is 4.42.